The van der Waals surface area contributed by atoms with E-state index in [0.29, 0.717) is 43.6 Å². The first-order valence-corrected chi connectivity index (χ1v) is 17.1. The Morgan fingerprint density at radius 3 is 2.65 bits per heavy atom. The molecule has 1 unspecified atom stereocenters. The van der Waals surface area contributed by atoms with Crippen molar-refractivity contribution >= 4 is 17.7 Å². The molecule has 6 rings (SSSR count). The van der Waals surface area contributed by atoms with Crippen LogP contribution in [-0.4, -0.2) is 114 Å². The van der Waals surface area contributed by atoms with Crippen molar-refractivity contribution in [1.82, 2.24) is 25.1 Å². The van der Waals surface area contributed by atoms with Crippen LogP contribution < -0.4 is 19.3 Å². The molecule has 3 aliphatic heterocycles. The van der Waals surface area contributed by atoms with E-state index < -0.39 is 23.4 Å². The van der Waals surface area contributed by atoms with Crippen molar-refractivity contribution in [3.63, 3.8) is 0 Å². The number of tetrazole rings is 1. The SMILES string of the molecule is COCCCN1CCOc2ccc(CO[C@H]3CN(C(=O)OC(C)(C)C)CC[C@]3(O)c3ccc(OC4CCN(c5nnn(C)n5)C4)cc3)cc21. The molecular formula is C35H49N7O7. The number of carbonyl (C=O) groups is 1. The quantitative estimate of drug-likeness (QED) is 0.297. The predicted octanol–water partition coefficient (Wildman–Crippen LogP) is 3.52. The molecule has 4 heterocycles. The van der Waals surface area contributed by atoms with Crippen LogP contribution >= 0.6 is 0 Å². The van der Waals surface area contributed by atoms with Gasteiger partial charge in [0.1, 0.15) is 41.5 Å². The Bertz CT molecular complexity index is 1560. The van der Waals surface area contributed by atoms with Gasteiger partial charge in [0.15, 0.2) is 0 Å². The number of aliphatic hydroxyl groups is 1. The van der Waals surface area contributed by atoms with Gasteiger partial charge in [0, 0.05) is 46.2 Å². The van der Waals surface area contributed by atoms with Crippen molar-refractivity contribution in [1.29, 1.82) is 0 Å². The van der Waals surface area contributed by atoms with Crippen LogP contribution in [0.1, 0.15) is 51.2 Å². The summed E-state index contributed by atoms with van der Waals surface area (Å²) < 4.78 is 29.7. The summed E-state index contributed by atoms with van der Waals surface area (Å²) in [5, 5.41) is 24.6. The van der Waals surface area contributed by atoms with Gasteiger partial charge < -0.3 is 43.5 Å². The van der Waals surface area contributed by atoms with Crippen molar-refractivity contribution in [3.8, 4) is 11.5 Å². The van der Waals surface area contributed by atoms with Gasteiger partial charge in [0.05, 0.1) is 39.0 Å². The molecule has 1 N–H and O–H groups in total. The number of fused-ring (bicyclic) bond motifs is 1. The Morgan fingerprint density at radius 2 is 1.92 bits per heavy atom. The molecule has 3 aliphatic rings. The molecule has 1 amide bonds. The molecule has 0 radical (unpaired) electrons. The summed E-state index contributed by atoms with van der Waals surface area (Å²) in [5.74, 6) is 2.15. The minimum absolute atomic E-state index is 0.0242. The minimum Gasteiger partial charge on any atom is -0.490 e. The molecule has 266 valence electrons. The maximum absolute atomic E-state index is 13.1. The third-order valence-electron chi connectivity index (χ3n) is 9.13. The van der Waals surface area contributed by atoms with E-state index in [0.717, 1.165) is 49.5 Å². The lowest BCUT2D eigenvalue weighted by molar-refractivity contribution is -0.154. The topological polar surface area (TPSA) is 137 Å². The summed E-state index contributed by atoms with van der Waals surface area (Å²) in [6, 6.07) is 13.6. The van der Waals surface area contributed by atoms with Crippen molar-refractivity contribution in [2.75, 3.05) is 69.4 Å². The van der Waals surface area contributed by atoms with Gasteiger partial charge in [-0.1, -0.05) is 23.3 Å². The van der Waals surface area contributed by atoms with Crippen molar-refractivity contribution in [2.24, 2.45) is 7.05 Å². The molecule has 2 saturated heterocycles. The van der Waals surface area contributed by atoms with E-state index in [9.17, 15) is 9.90 Å². The highest BCUT2D eigenvalue weighted by atomic mass is 16.6. The van der Waals surface area contributed by atoms with Gasteiger partial charge >= 0.3 is 6.09 Å². The maximum atomic E-state index is 13.1. The first kappa shape index (κ1) is 34.7. The number of anilines is 2. The predicted molar refractivity (Wildman–Crippen MR) is 182 cm³/mol. The van der Waals surface area contributed by atoms with Crippen LogP contribution in [0, 0.1) is 0 Å². The number of rotatable bonds is 11. The molecule has 1 aromatic heterocycles. The van der Waals surface area contributed by atoms with E-state index in [1.807, 2.05) is 57.2 Å². The van der Waals surface area contributed by atoms with E-state index >= 15 is 0 Å². The fourth-order valence-electron chi connectivity index (χ4n) is 6.58. The second kappa shape index (κ2) is 14.8. The fraction of sp³-hybridized carbons (Fsp3) is 0.600. The number of hydrogen-bond donors (Lipinski definition) is 1. The third-order valence-corrected chi connectivity index (χ3v) is 9.13. The zero-order chi connectivity index (χ0) is 34.6. The second-order valence-electron chi connectivity index (χ2n) is 14.0. The number of likely N-dealkylation sites (tertiary alicyclic amines) is 1. The van der Waals surface area contributed by atoms with E-state index in [1.165, 1.54) is 4.80 Å². The van der Waals surface area contributed by atoms with Gasteiger partial charge in [-0.05, 0) is 67.8 Å². The largest absolute Gasteiger partial charge is 0.490 e. The van der Waals surface area contributed by atoms with Crippen LogP contribution in [-0.2, 0) is 33.5 Å². The molecule has 14 heteroatoms. The van der Waals surface area contributed by atoms with E-state index in [2.05, 4.69) is 31.3 Å². The second-order valence-corrected chi connectivity index (χ2v) is 14.0. The van der Waals surface area contributed by atoms with E-state index in [4.69, 9.17) is 23.7 Å². The highest BCUT2D eigenvalue weighted by Crippen LogP contribution is 2.38. The van der Waals surface area contributed by atoms with Crippen molar-refractivity contribution in [2.45, 2.75) is 70.1 Å². The lowest BCUT2D eigenvalue weighted by Crippen LogP contribution is -2.56. The maximum Gasteiger partial charge on any atom is 0.410 e. The first-order chi connectivity index (χ1) is 23.5. The van der Waals surface area contributed by atoms with E-state index in [-0.39, 0.29) is 25.7 Å². The van der Waals surface area contributed by atoms with Gasteiger partial charge in [-0.25, -0.2) is 4.79 Å². The third kappa shape index (κ3) is 8.36. The number of carbonyl (C=O) groups excluding carboxylic acids is 1. The number of aryl methyl sites for hydroxylation is 1. The summed E-state index contributed by atoms with van der Waals surface area (Å²) in [5.41, 5.74) is 0.685. The zero-order valence-corrected chi connectivity index (χ0v) is 29.2. The highest BCUT2D eigenvalue weighted by Gasteiger charge is 2.46. The van der Waals surface area contributed by atoms with Gasteiger partial charge in [-0.2, -0.15) is 4.80 Å². The number of benzene rings is 2. The number of hydrogen-bond acceptors (Lipinski definition) is 12. The molecule has 14 nitrogen and oxygen atoms in total. The number of piperidine rings is 1. The molecule has 49 heavy (non-hydrogen) atoms. The van der Waals surface area contributed by atoms with Gasteiger partial charge in [-0.3, -0.25) is 0 Å². The molecular weight excluding hydrogens is 630 g/mol. The molecule has 0 bridgehead atoms. The zero-order valence-electron chi connectivity index (χ0n) is 29.2. The number of amides is 1. The molecule has 3 aromatic rings. The van der Waals surface area contributed by atoms with Crippen LogP contribution in [0.25, 0.3) is 0 Å². The monoisotopic (exact) mass is 679 g/mol. The van der Waals surface area contributed by atoms with E-state index in [1.54, 1.807) is 19.1 Å². The number of methoxy groups -OCH3 is 1. The smallest absolute Gasteiger partial charge is 0.410 e. The summed E-state index contributed by atoms with van der Waals surface area (Å²) in [6.45, 7) is 10.7. The van der Waals surface area contributed by atoms with Crippen molar-refractivity contribution < 1.29 is 33.6 Å². The van der Waals surface area contributed by atoms with Crippen LogP contribution in [0.5, 0.6) is 11.5 Å². The Kier molecular flexibility index (Phi) is 10.5. The Morgan fingerprint density at radius 1 is 1.10 bits per heavy atom. The Labute approximate surface area is 287 Å². The van der Waals surface area contributed by atoms with Gasteiger partial charge in [0.25, 0.3) is 5.95 Å². The Hall–Kier alpha value is -4.14. The standard InChI is InChI=1S/C35H49N7O7/c1-34(2,3)49-33(43)42-17-14-35(44,26-8-10-27(11-9-26)48-28-13-16-41(22-28)32-36-38-39(4)37-32)31(23-42)47-24-25-7-12-30-29(21-25)40(18-20-46-30)15-6-19-45-5/h7-12,21,28,31,44H,6,13-20,22-24H2,1-5H3/t28?,31-,35-/m0/s1. The normalized spacial score (nSPS) is 22.5. The number of nitrogens with zero attached hydrogens (tertiary/aromatic N) is 7. The number of aromatic nitrogens is 4. The van der Waals surface area contributed by atoms with Crippen LogP contribution in [0.4, 0.5) is 16.4 Å². The molecule has 0 spiro atoms. The summed E-state index contributed by atoms with van der Waals surface area (Å²) in [6.07, 6.45) is 0.866. The lowest BCUT2D eigenvalue weighted by atomic mass is 9.82. The summed E-state index contributed by atoms with van der Waals surface area (Å²) in [7, 11) is 3.46. The molecule has 2 fully saturated rings. The van der Waals surface area contributed by atoms with Crippen LogP contribution in [0.2, 0.25) is 0 Å². The lowest BCUT2D eigenvalue weighted by Gasteiger charge is -2.44. The van der Waals surface area contributed by atoms with Gasteiger partial charge in [-0.15, -0.1) is 5.10 Å². The van der Waals surface area contributed by atoms with Crippen LogP contribution in [0.3, 0.4) is 0 Å². The highest BCUT2D eigenvalue weighted by molar-refractivity contribution is 5.68. The minimum atomic E-state index is -1.34. The van der Waals surface area contributed by atoms with Gasteiger partial charge in [0.2, 0.25) is 0 Å². The summed E-state index contributed by atoms with van der Waals surface area (Å²) in [4.78, 5) is 20.6. The molecule has 3 atom stereocenters. The fourth-order valence-corrected chi connectivity index (χ4v) is 6.58. The molecule has 0 aliphatic carbocycles. The van der Waals surface area contributed by atoms with Crippen LogP contribution in [0.15, 0.2) is 42.5 Å². The average Bonchev–Trinajstić information content (AvgIpc) is 3.73. The summed E-state index contributed by atoms with van der Waals surface area (Å²) >= 11 is 0. The average molecular weight is 680 g/mol. The molecule has 0 saturated carbocycles. The number of ether oxygens (including phenoxy) is 5. The molecule has 2 aromatic carbocycles. The van der Waals surface area contributed by atoms with Crippen molar-refractivity contribution in [3.05, 3.63) is 53.6 Å². The first-order valence-electron chi connectivity index (χ1n) is 17.1. The Balaban J connectivity index is 1.16.